The van der Waals surface area contributed by atoms with E-state index in [9.17, 15) is 9.90 Å². The van der Waals surface area contributed by atoms with Crippen molar-refractivity contribution >= 4 is 16.9 Å². The summed E-state index contributed by atoms with van der Waals surface area (Å²) in [6.45, 7) is 3.99. The normalized spacial score (nSPS) is 10.7. The van der Waals surface area contributed by atoms with Gasteiger partial charge in [0.25, 0.3) is 5.91 Å². The molecule has 7 heteroatoms. The molecule has 30 heavy (non-hydrogen) atoms. The van der Waals surface area contributed by atoms with E-state index in [0.29, 0.717) is 40.4 Å². The first-order valence-corrected chi connectivity index (χ1v) is 9.32. The van der Waals surface area contributed by atoms with Crippen molar-refractivity contribution in [3.05, 3.63) is 72.9 Å². The Hall–Kier alpha value is -4.13. The summed E-state index contributed by atoms with van der Waals surface area (Å²) in [5.41, 5.74) is 4.06. The van der Waals surface area contributed by atoms with Crippen LogP contribution in [0.3, 0.4) is 0 Å². The second kappa shape index (κ2) is 8.08. The lowest BCUT2D eigenvalue weighted by Crippen LogP contribution is -2.22. The van der Waals surface area contributed by atoms with Gasteiger partial charge in [0.05, 0.1) is 23.7 Å². The number of rotatable bonds is 6. The van der Waals surface area contributed by atoms with Crippen LogP contribution in [0, 0.1) is 0 Å². The van der Waals surface area contributed by atoms with Gasteiger partial charge in [-0.2, -0.15) is 0 Å². The maximum atomic E-state index is 12.2. The second-order valence-electron chi connectivity index (χ2n) is 6.61. The average Bonchev–Trinajstić information content (AvgIpc) is 3.21. The van der Waals surface area contributed by atoms with Crippen LogP contribution in [0.25, 0.3) is 33.5 Å². The van der Waals surface area contributed by atoms with Crippen LogP contribution < -0.4 is 10.1 Å². The second-order valence-corrected chi connectivity index (χ2v) is 6.61. The molecule has 1 amide bonds. The minimum Gasteiger partial charge on any atom is -0.507 e. The standard InChI is InChI=1S/C23H20N4O3/c1-3-10-24-22(29)15-6-8-18-19(13-15)27-21(26-18)17-12-14(7-9-20(17)28)16-5-4-11-25-23(16)30-2/h3-9,11-13,28H,1,10H2,2H3,(H,24,29)(H,26,27). The lowest BCUT2D eigenvalue weighted by Gasteiger charge is -2.09. The number of carbonyl (C=O) groups excluding carboxylic acids is 1. The highest BCUT2D eigenvalue weighted by molar-refractivity contribution is 5.97. The first-order chi connectivity index (χ1) is 14.6. The minimum atomic E-state index is -0.193. The molecule has 4 aromatic rings. The van der Waals surface area contributed by atoms with Crippen molar-refractivity contribution in [2.24, 2.45) is 0 Å². The maximum absolute atomic E-state index is 12.2. The number of amides is 1. The molecule has 0 unspecified atom stereocenters. The van der Waals surface area contributed by atoms with Crippen LogP contribution >= 0.6 is 0 Å². The van der Waals surface area contributed by atoms with Gasteiger partial charge >= 0.3 is 0 Å². The summed E-state index contributed by atoms with van der Waals surface area (Å²) in [5.74, 6) is 0.885. The van der Waals surface area contributed by atoms with E-state index >= 15 is 0 Å². The Morgan fingerprint density at radius 1 is 1.23 bits per heavy atom. The zero-order chi connectivity index (χ0) is 21.1. The van der Waals surface area contributed by atoms with Crippen LogP contribution in [-0.4, -0.2) is 39.6 Å². The minimum absolute atomic E-state index is 0.0876. The molecule has 0 aliphatic rings. The molecule has 0 radical (unpaired) electrons. The number of hydrogen-bond acceptors (Lipinski definition) is 5. The van der Waals surface area contributed by atoms with E-state index in [-0.39, 0.29) is 11.7 Å². The highest BCUT2D eigenvalue weighted by Crippen LogP contribution is 2.35. The fourth-order valence-corrected chi connectivity index (χ4v) is 3.21. The molecule has 2 heterocycles. The zero-order valence-electron chi connectivity index (χ0n) is 16.3. The van der Waals surface area contributed by atoms with Gasteiger partial charge in [-0.1, -0.05) is 12.1 Å². The van der Waals surface area contributed by atoms with Gasteiger partial charge in [-0.05, 0) is 48.0 Å². The molecule has 150 valence electrons. The van der Waals surface area contributed by atoms with Gasteiger partial charge in [-0.15, -0.1) is 6.58 Å². The summed E-state index contributed by atoms with van der Waals surface area (Å²) >= 11 is 0. The quantitative estimate of drug-likeness (QED) is 0.426. The number of imidazole rings is 1. The number of methoxy groups -OCH3 is 1. The van der Waals surface area contributed by atoms with Crippen LogP contribution in [0.5, 0.6) is 11.6 Å². The number of benzene rings is 2. The van der Waals surface area contributed by atoms with E-state index in [4.69, 9.17) is 4.74 Å². The number of phenolic OH excluding ortho intramolecular Hbond substituents is 1. The lowest BCUT2D eigenvalue weighted by molar-refractivity contribution is 0.0958. The summed E-state index contributed by atoms with van der Waals surface area (Å²) in [7, 11) is 1.56. The number of aromatic nitrogens is 3. The molecule has 0 bridgehead atoms. The number of aromatic hydroxyl groups is 1. The van der Waals surface area contributed by atoms with E-state index < -0.39 is 0 Å². The largest absolute Gasteiger partial charge is 0.507 e. The van der Waals surface area contributed by atoms with Crippen LogP contribution in [0.4, 0.5) is 0 Å². The molecule has 0 atom stereocenters. The lowest BCUT2D eigenvalue weighted by atomic mass is 10.0. The molecule has 2 aromatic heterocycles. The van der Waals surface area contributed by atoms with Gasteiger partial charge in [0.2, 0.25) is 5.88 Å². The Kier molecular flexibility index (Phi) is 5.17. The van der Waals surface area contributed by atoms with Crippen LogP contribution in [0.15, 0.2) is 67.4 Å². The van der Waals surface area contributed by atoms with E-state index in [1.165, 1.54) is 0 Å². The number of ether oxygens (including phenoxy) is 1. The number of hydrogen-bond donors (Lipinski definition) is 3. The van der Waals surface area contributed by atoms with Crippen molar-refractivity contribution in [2.45, 2.75) is 0 Å². The van der Waals surface area contributed by atoms with E-state index in [1.807, 2.05) is 18.2 Å². The Balaban J connectivity index is 1.75. The van der Waals surface area contributed by atoms with Crippen molar-refractivity contribution < 1.29 is 14.6 Å². The third kappa shape index (κ3) is 3.60. The first kappa shape index (κ1) is 19.2. The summed E-state index contributed by atoms with van der Waals surface area (Å²) in [4.78, 5) is 24.2. The number of phenols is 1. The van der Waals surface area contributed by atoms with Crippen molar-refractivity contribution in [2.75, 3.05) is 13.7 Å². The van der Waals surface area contributed by atoms with Gasteiger partial charge in [0, 0.05) is 23.9 Å². The Morgan fingerprint density at radius 3 is 2.90 bits per heavy atom. The predicted molar refractivity (Wildman–Crippen MR) is 116 cm³/mol. The smallest absolute Gasteiger partial charge is 0.251 e. The van der Waals surface area contributed by atoms with E-state index in [0.717, 1.165) is 11.1 Å². The summed E-state index contributed by atoms with van der Waals surface area (Å²) in [5, 5.41) is 13.2. The third-order valence-electron chi connectivity index (χ3n) is 4.68. The Labute approximate surface area is 173 Å². The number of H-pyrrole nitrogens is 1. The molecule has 0 fully saturated rings. The van der Waals surface area contributed by atoms with Crippen molar-refractivity contribution in [3.8, 4) is 34.1 Å². The summed E-state index contributed by atoms with van der Waals surface area (Å²) < 4.78 is 5.35. The highest BCUT2D eigenvalue weighted by atomic mass is 16.5. The Bertz CT molecular complexity index is 1250. The zero-order valence-corrected chi connectivity index (χ0v) is 16.3. The molecule has 3 N–H and O–H groups in total. The number of carbonyl (C=O) groups is 1. The number of pyridine rings is 1. The SMILES string of the molecule is C=CCNC(=O)c1ccc2nc(-c3cc(-c4cccnc4OC)ccc3O)[nH]c2c1. The van der Waals surface area contributed by atoms with Crippen molar-refractivity contribution in [1.29, 1.82) is 0 Å². The highest BCUT2D eigenvalue weighted by Gasteiger charge is 2.15. The number of nitrogens with one attached hydrogen (secondary N) is 2. The number of aromatic amines is 1. The van der Waals surface area contributed by atoms with Gasteiger partial charge in [-0.25, -0.2) is 9.97 Å². The molecule has 0 saturated carbocycles. The molecule has 4 rings (SSSR count). The summed E-state index contributed by atoms with van der Waals surface area (Å²) in [6.07, 6.45) is 3.28. The molecular formula is C23H20N4O3. The van der Waals surface area contributed by atoms with E-state index in [2.05, 4.69) is 26.8 Å². The van der Waals surface area contributed by atoms with Gasteiger partial charge in [0.1, 0.15) is 11.6 Å². The number of nitrogens with zero attached hydrogens (tertiary/aromatic N) is 2. The fraction of sp³-hybridized carbons (Fsp3) is 0.0870. The Morgan fingerprint density at radius 2 is 2.10 bits per heavy atom. The average molecular weight is 400 g/mol. The van der Waals surface area contributed by atoms with Crippen LogP contribution in [0.2, 0.25) is 0 Å². The molecule has 0 saturated heterocycles. The molecule has 0 spiro atoms. The number of fused-ring (bicyclic) bond motifs is 1. The van der Waals surface area contributed by atoms with Gasteiger partial charge in [-0.3, -0.25) is 4.79 Å². The molecule has 0 aliphatic carbocycles. The topological polar surface area (TPSA) is 100 Å². The molecule has 2 aromatic carbocycles. The molecular weight excluding hydrogens is 380 g/mol. The van der Waals surface area contributed by atoms with E-state index in [1.54, 1.807) is 49.7 Å². The van der Waals surface area contributed by atoms with Crippen molar-refractivity contribution in [3.63, 3.8) is 0 Å². The van der Waals surface area contributed by atoms with Crippen LogP contribution in [0.1, 0.15) is 10.4 Å². The predicted octanol–water partition coefficient (Wildman–Crippen LogP) is 3.92. The summed E-state index contributed by atoms with van der Waals surface area (Å²) in [6, 6.07) is 14.2. The van der Waals surface area contributed by atoms with Crippen LogP contribution in [-0.2, 0) is 0 Å². The first-order valence-electron chi connectivity index (χ1n) is 9.32. The third-order valence-corrected chi connectivity index (χ3v) is 4.68. The van der Waals surface area contributed by atoms with Gasteiger partial charge < -0.3 is 20.1 Å². The molecule has 7 nitrogen and oxygen atoms in total. The van der Waals surface area contributed by atoms with Crippen molar-refractivity contribution in [1.82, 2.24) is 20.3 Å². The fourth-order valence-electron chi connectivity index (χ4n) is 3.21. The van der Waals surface area contributed by atoms with Gasteiger partial charge in [0.15, 0.2) is 0 Å². The maximum Gasteiger partial charge on any atom is 0.251 e. The molecule has 0 aliphatic heterocycles. The monoisotopic (exact) mass is 400 g/mol.